The van der Waals surface area contributed by atoms with E-state index in [2.05, 4.69) is 15.3 Å². The van der Waals surface area contributed by atoms with Gasteiger partial charge in [-0.25, -0.2) is 23.1 Å². The highest BCUT2D eigenvalue weighted by Crippen LogP contribution is 2.39. The minimum atomic E-state index is -2.99. The highest BCUT2D eigenvalue weighted by Gasteiger charge is 2.47. The monoisotopic (exact) mass is 506 g/mol. The second kappa shape index (κ2) is 9.53. The number of nitrogens with one attached hydrogen (secondary N) is 1. The maximum Gasteiger partial charge on any atom is 0.266 e. The van der Waals surface area contributed by atoms with Crippen LogP contribution >= 0.6 is 0 Å². The first kappa shape index (κ1) is 21.8. The number of hydrogen-bond donors (Lipinski definition) is 1. The topological polar surface area (TPSA) is 89.3 Å². The number of amides is 1. The van der Waals surface area contributed by atoms with Crippen LogP contribution in [0.5, 0.6) is 0 Å². The molecule has 11 heteroatoms. The fourth-order valence-corrected chi connectivity index (χ4v) is 4.89. The van der Waals surface area contributed by atoms with Crippen LogP contribution in [0.3, 0.4) is 0 Å². The molecule has 1 N–H and O–H groups in total. The maximum atomic E-state index is 14.8. The number of carbonyl (C=O) groups excluding carboxylic acids is 1. The molecule has 1 aliphatic rings. The van der Waals surface area contributed by atoms with Gasteiger partial charge in [-0.05, 0) is 19.9 Å². The fraction of sp³-hybridized carbons (Fsp3) is 0.440. The predicted octanol–water partition coefficient (Wildman–Crippen LogP) is 4.06. The van der Waals surface area contributed by atoms with Gasteiger partial charge in [-0.15, -0.1) is 0 Å². The number of nitrogens with zero attached hydrogens (tertiary/aromatic N) is 4. The van der Waals surface area contributed by atoms with E-state index in [-0.39, 0.29) is 46.9 Å². The van der Waals surface area contributed by atoms with Crippen LogP contribution in [0.1, 0.15) is 60.5 Å². The largest absolute Gasteiger partial charge is 0.371 e. The Kier molecular flexibility index (Phi) is 5.77. The predicted molar refractivity (Wildman–Crippen MR) is 128 cm³/mol. The zero-order valence-electron chi connectivity index (χ0n) is 23.2. The van der Waals surface area contributed by atoms with E-state index >= 15 is 0 Å². The molecule has 1 saturated heterocycles. The lowest BCUT2D eigenvalue weighted by atomic mass is 9.91. The van der Waals surface area contributed by atoms with Crippen LogP contribution in [0, 0.1) is 5.82 Å². The summed E-state index contributed by atoms with van der Waals surface area (Å²) in [4.78, 5) is 35.6. The number of methoxy groups -OCH3 is 1. The summed E-state index contributed by atoms with van der Waals surface area (Å²) in [5, 5.41) is 3.29. The first-order valence-electron chi connectivity index (χ1n) is 12.8. The summed E-state index contributed by atoms with van der Waals surface area (Å²) < 4.78 is 71.4. The minimum absolute atomic E-state index is 0.0133. The van der Waals surface area contributed by atoms with Crippen LogP contribution < -0.4 is 10.9 Å². The van der Waals surface area contributed by atoms with Crippen molar-refractivity contribution in [1.82, 2.24) is 19.4 Å². The van der Waals surface area contributed by atoms with Crippen LogP contribution in [0.25, 0.3) is 11.0 Å². The average Bonchev–Trinajstić information content (AvgIpc) is 3.16. The third-order valence-corrected chi connectivity index (χ3v) is 6.79. The molecule has 1 amide bonds. The van der Waals surface area contributed by atoms with Crippen molar-refractivity contribution in [2.24, 2.45) is 7.05 Å². The van der Waals surface area contributed by atoms with Crippen molar-refractivity contribution < 1.29 is 26.8 Å². The maximum absolute atomic E-state index is 14.8. The average molecular weight is 507 g/mol. The van der Waals surface area contributed by atoms with E-state index in [0.717, 1.165) is 6.07 Å². The molecule has 3 aromatic rings. The fourth-order valence-electron chi connectivity index (χ4n) is 4.89. The van der Waals surface area contributed by atoms with Gasteiger partial charge < -0.3 is 15.0 Å². The van der Waals surface area contributed by atoms with Gasteiger partial charge in [0, 0.05) is 39.0 Å². The lowest BCUT2D eigenvalue weighted by molar-refractivity contribution is -0.130. The molecule has 0 spiro atoms. The first-order chi connectivity index (χ1) is 18.1. The standard InChI is InChI=1S/C25H28F3N5O3/c1-13-10-25(36-5,11-33(13)15(3)34)19-9-18-22(29-12-30-23(18)32(4)24(19)35)31-14(2)16-7-6-8-17(20(16)26)21(27)28/h6-9,12-14,21H,10-11H2,1-5H3,(H,29,30,31)/t13-,14-,25?/m1/s1/i5D3. The molecule has 8 nitrogen and oxygen atoms in total. The highest BCUT2D eigenvalue weighted by atomic mass is 19.3. The minimum Gasteiger partial charge on any atom is -0.371 e. The molecule has 1 aromatic carbocycles. The zero-order chi connectivity index (χ0) is 28.9. The zero-order valence-corrected chi connectivity index (χ0v) is 20.2. The number of pyridine rings is 1. The van der Waals surface area contributed by atoms with Crippen LogP contribution in [0.4, 0.5) is 19.0 Å². The van der Waals surface area contributed by atoms with E-state index in [1.165, 1.54) is 48.0 Å². The normalized spacial score (nSPS) is 22.4. The van der Waals surface area contributed by atoms with Crippen molar-refractivity contribution >= 4 is 22.8 Å². The molecule has 3 atom stereocenters. The number of likely N-dealkylation sites (tertiary alicyclic amines) is 1. The molecular weight excluding hydrogens is 475 g/mol. The quantitative estimate of drug-likeness (QED) is 0.543. The highest BCUT2D eigenvalue weighted by molar-refractivity contribution is 5.87. The molecular formula is C25H28F3N5O3. The van der Waals surface area contributed by atoms with Crippen molar-refractivity contribution in [3.8, 4) is 0 Å². The summed E-state index contributed by atoms with van der Waals surface area (Å²) >= 11 is 0. The molecule has 36 heavy (non-hydrogen) atoms. The second-order valence-corrected chi connectivity index (χ2v) is 9.10. The third-order valence-electron chi connectivity index (χ3n) is 6.79. The Bertz CT molecular complexity index is 1480. The number of anilines is 1. The van der Waals surface area contributed by atoms with Gasteiger partial charge in [0.2, 0.25) is 5.91 Å². The van der Waals surface area contributed by atoms with E-state index in [0.29, 0.717) is 0 Å². The number of aryl methyl sites for hydroxylation is 1. The van der Waals surface area contributed by atoms with Gasteiger partial charge in [0.25, 0.3) is 12.0 Å². The summed E-state index contributed by atoms with van der Waals surface area (Å²) in [7, 11) is -1.44. The summed E-state index contributed by atoms with van der Waals surface area (Å²) in [5.41, 5.74) is -2.80. The Balaban J connectivity index is 1.86. The molecule has 1 aliphatic heterocycles. The lowest BCUT2D eigenvalue weighted by Gasteiger charge is -2.28. The number of halogens is 3. The Morgan fingerprint density at radius 1 is 1.33 bits per heavy atom. The first-order valence-corrected chi connectivity index (χ1v) is 11.3. The SMILES string of the molecule is [2H]C([2H])([2H])OC1(c2cc3c(N[C@H](C)c4cccc(C(F)F)c4F)ncnc3n(C)c2=O)C[C@@H](C)N(C(C)=O)C1. The number of fused-ring (bicyclic) bond motifs is 1. The van der Waals surface area contributed by atoms with Gasteiger partial charge in [0.1, 0.15) is 29.2 Å². The molecule has 2 aromatic heterocycles. The van der Waals surface area contributed by atoms with Gasteiger partial charge in [-0.2, -0.15) is 0 Å². The molecule has 3 heterocycles. The number of aromatic nitrogens is 3. The van der Waals surface area contributed by atoms with Crippen molar-refractivity contribution in [2.45, 2.75) is 51.3 Å². The number of alkyl halides is 2. The molecule has 0 aliphatic carbocycles. The van der Waals surface area contributed by atoms with Crippen LogP contribution in [-0.2, 0) is 22.2 Å². The van der Waals surface area contributed by atoms with Crippen molar-refractivity contribution in [1.29, 1.82) is 0 Å². The van der Waals surface area contributed by atoms with Crippen molar-refractivity contribution in [3.63, 3.8) is 0 Å². The smallest absolute Gasteiger partial charge is 0.266 e. The Labute approximate surface area is 210 Å². The molecule has 192 valence electrons. The molecule has 0 radical (unpaired) electrons. The van der Waals surface area contributed by atoms with E-state index in [9.17, 15) is 22.8 Å². The van der Waals surface area contributed by atoms with Crippen molar-refractivity contribution in [3.05, 3.63) is 63.5 Å². The molecule has 1 fully saturated rings. The second-order valence-electron chi connectivity index (χ2n) is 9.10. The van der Waals surface area contributed by atoms with Gasteiger partial charge in [0.05, 0.1) is 33.2 Å². The molecule has 0 bridgehead atoms. The van der Waals surface area contributed by atoms with Crippen LogP contribution in [-0.4, -0.2) is 45.0 Å². The summed E-state index contributed by atoms with van der Waals surface area (Å²) in [6, 6.07) is 3.89. The molecule has 1 unspecified atom stereocenters. The Morgan fingerprint density at radius 3 is 2.69 bits per heavy atom. The Morgan fingerprint density at radius 2 is 2.06 bits per heavy atom. The van der Waals surface area contributed by atoms with Crippen LogP contribution in [0.15, 0.2) is 35.4 Å². The summed E-state index contributed by atoms with van der Waals surface area (Å²) in [6.07, 6.45) is -1.76. The Hall–Kier alpha value is -3.47. The van der Waals surface area contributed by atoms with E-state index < -0.39 is 48.1 Å². The molecule has 0 saturated carbocycles. The van der Waals surface area contributed by atoms with E-state index in [1.807, 2.05) is 0 Å². The molecule has 4 rings (SSSR count). The van der Waals surface area contributed by atoms with Gasteiger partial charge in [-0.3, -0.25) is 14.2 Å². The number of benzene rings is 1. The third kappa shape index (κ3) is 4.21. The van der Waals surface area contributed by atoms with E-state index in [4.69, 9.17) is 8.85 Å². The number of hydrogen-bond acceptors (Lipinski definition) is 6. The van der Waals surface area contributed by atoms with Gasteiger partial charge in [-0.1, -0.05) is 18.2 Å². The number of rotatable bonds is 6. The van der Waals surface area contributed by atoms with Gasteiger partial charge in [0.15, 0.2) is 0 Å². The van der Waals surface area contributed by atoms with Gasteiger partial charge >= 0.3 is 0 Å². The number of carbonyl (C=O) groups is 1. The lowest BCUT2D eigenvalue weighted by Crippen LogP contribution is -2.40. The summed E-state index contributed by atoms with van der Waals surface area (Å²) in [5.74, 6) is -1.19. The van der Waals surface area contributed by atoms with Crippen molar-refractivity contribution in [2.75, 3.05) is 18.9 Å². The summed E-state index contributed by atoms with van der Waals surface area (Å²) in [6.45, 7) is 4.48. The number of ether oxygens (including phenoxy) is 1. The van der Waals surface area contributed by atoms with E-state index in [1.54, 1.807) is 13.8 Å². The van der Waals surface area contributed by atoms with Crippen LogP contribution in [0.2, 0.25) is 0 Å².